The molecule has 0 spiro atoms. The Labute approximate surface area is 59.6 Å². The average molecular weight is 132 g/mol. The Kier molecular flexibility index (Phi) is 1.07. The average Bonchev–Trinajstić information content (AvgIpc) is 2.36. The first-order valence-electron chi connectivity index (χ1n) is 3.35. The first-order chi connectivity index (χ1) is 4.88. The Bertz CT molecular complexity index is 289. The zero-order valence-corrected chi connectivity index (χ0v) is 5.83. The van der Waals surface area contributed by atoms with E-state index in [-0.39, 0.29) is 0 Å². The zero-order chi connectivity index (χ0) is 6.97. The van der Waals surface area contributed by atoms with Crippen LogP contribution in [-0.4, -0.2) is 10.2 Å². The third-order valence-corrected chi connectivity index (χ3v) is 1.76. The summed E-state index contributed by atoms with van der Waals surface area (Å²) in [6.45, 7) is 2.06. The van der Waals surface area contributed by atoms with Crippen LogP contribution in [0.25, 0.3) is 6.08 Å². The second kappa shape index (κ2) is 1.90. The van der Waals surface area contributed by atoms with Gasteiger partial charge in [-0.1, -0.05) is 12.2 Å². The van der Waals surface area contributed by atoms with Gasteiger partial charge in [0.15, 0.2) is 0 Å². The molecule has 2 nitrogen and oxygen atoms in total. The molecule has 0 atom stereocenters. The molecule has 10 heavy (non-hydrogen) atoms. The first kappa shape index (κ1) is 5.59. The maximum atomic E-state index is 4.01. The molecule has 0 saturated heterocycles. The molecule has 1 aliphatic carbocycles. The van der Waals surface area contributed by atoms with Crippen molar-refractivity contribution in [1.82, 2.24) is 10.2 Å². The van der Waals surface area contributed by atoms with Crippen LogP contribution in [-0.2, 0) is 6.42 Å². The van der Waals surface area contributed by atoms with Crippen molar-refractivity contribution in [3.63, 3.8) is 0 Å². The highest BCUT2D eigenvalue weighted by Crippen LogP contribution is 2.18. The van der Waals surface area contributed by atoms with Crippen molar-refractivity contribution < 1.29 is 0 Å². The summed E-state index contributed by atoms with van der Waals surface area (Å²) in [5, 5.41) is 7.87. The zero-order valence-electron chi connectivity index (χ0n) is 5.83. The number of aromatic nitrogens is 2. The van der Waals surface area contributed by atoms with Gasteiger partial charge in [0.25, 0.3) is 0 Å². The van der Waals surface area contributed by atoms with Crippen LogP contribution in [0.3, 0.4) is 0 Å². The predicted octanol–water partition coefficient (Wildman–Crippen LogP) is 1.35. The van der Waals surface area contributed by atoms with E-state index in [1.54, 1.807) is 6.20 Å². The number of aryl methyl sites for hydroxylation is 1. The molecule has 0 unspecified atom stereocenters. The highest BCUT2D eigenvalue weighted by atomic mass is 15.1. The van der Waals surface area contributed by atoms with Gasteiger partial charge in [-0.25, -0.2) is 0 Å². The van der Waals surface area contributed by atoms with Gasteiger partial charge in [-0.05, 0) is 12.5 Å². The van der Waals surface area contributed by atoms with E-state index < -0.39 is 0 Å². The molecule has 2 heteroatoms. The highest BCUT2D eigenvalue weighted by Gasteiger charge is 2.07. The fourth-order valence-electron chi connectivity index (χ4n) is 1.20. The largest absolute Gasteiger partial charge is 0.159 e. The topological polar surface area (TPSA) is 25.8 Å². The normalized spacial score (nSPS) is 13.7. The van der Waals surface area contributed by atoms with Crippen molar-refractivity contribution in [1.29, 1.82) is 0 Å². The van der Waals surface area contributed by atoms with Gasteiger partial charge < -0.3 is 0 Å². The van der Waals surface area contributed by atoms with Crippen molar-refractivity contribution in [2.75, 3.05) is 0 Å². The van der Waals surface area contributed by atoms with E-state index in [2.05, 4.69) is 29.3 Å². The molecular formula is C8H8N2. The Morgan fingerprint density at radius 2 is 2.40 bits per heavy atom. The van der Waals surface area contributed by atoms with Crippen molar-refractivity contribution in [3.05, 3.63) is 29.1 Å². The molecule has 0 radical (unpaired) electrons. The molecule has 0 N–H and O–H groups in total. The molecule has 0 aromatic carbocycles. The van der Waals surface area contributed by atoms with Crippen molar-refractivity contribution in [2.45, 2.75) is 13.3 Å². The summed E-state index contributed by atoms with van der Waals surface area (Å²) >= 11 is 0. The summed E-state index contributed by atoms with van der Waals surface area (Å²) in [7, 11) is 0. The van der Waals surface area contributed by atoms with E-state index in [1.807, 2.05) is 0 Å². The van der Waals surface area contributed by atoms with Crippen LogP contribution < -0.4 is 0 Å². The second-order valence-electron chi connectivity index (χ2n) is 2.49. The number of hydrogen-bond donors (Lipinski definition) is 0. The quantitative estimate of drug-likeness (QED) is 0.532. The van der Waals surface area contributed by atoms with Crippen molar-refractivity contribution in [3.8, 4) is 0 Å². The van der Waals surface area contributed by atoms with Crippen molar-refractivity contribution >= 4 is 6.08 Å². The summed E-state index contributed by atoms with van der Waals surface area (Å²) in [5.74, 6) is 0. The summed E-state index contributed by atoms with van der Waals surface area (Å²) < 4.78 is 0. The second-order valence-corrected chi connectivity index (χ2v) is 2.49. The monoisotopic (exact) mass is 132 g/mol. The molecule has 1 aromatic rings. The maximum absolute atomic E-state index is 4.01. The predicted molar refractivity (Wildman–Crippen MR) is 39.5 cm³/mol. The standard InChI is InChI=1S/C8H8N2/c1-6-5-9-10-8-4-2-3-7(6)8/h2-3,5H,4H2,1H3. The van der Waals surface area contributed by atoms with Crippen LogP contribution in [0.15, 0.2) is 12.3 Å². The molecule has 1 aliphatic rings. The number of fused-ring (bicyclic) bond motifs is 1. The number of nitrogens with zero attached hydrogens (tertiary/aromatic N) is 2. The molecular weight excluding hydrogens is 124 g/mol. The van der Waals surface area contributed by atoms with E-state index in [0.29, 0.717) is 0 Å². The smallest absolute Gasteiger partial charge is 0.0743 e. The number of hydrogen-bond acceptors (Lipinski definition) is 2. The van der Waals surface area contributed by atoms with Crippen LogP contribution >= 0.6 is 0 Å². The minimum atomic E-state index is 0.948. The summed E-state index contributed by atoms with van der Waals surface area (Å²) in [6, 6.07) is 0. The molecule has 2 rings (SSSR count). The third kappa shape index (κ3) is 0.652. The first-order valence-corrected chi connectivity index (χ1v) is 3.35. The minimum absolute atomic E-state index is 0.948. The molecule has 50 valence electrons. The molecule has 0 aliphatic heterocycles. The lowest BCUT2D eigenvalue weighted by Gasteiger charge is -1.97. The van der Waals surface area contributed by atoms with E-state index >= 15 is 0 Å². The SMILES string of the molecule is Cc1cnnc2c1C=CC2. The Hall–Kier alpha value is -1.18. The molecule has 0 bridgehead atoms. The summed E-state index contributed by atoms with van der Waals surface area (Å²) in [6.07, 6.45) is 6.98. The van der Waals surface area contributed by atoms with Gasteiger partial charge >= 0.3 is 0 Å². The highest BCUT2D eigenvalue weighted by molar-refractivity contribution is 5.60. The molecule has 0 amide bonds. The van der Waals surface area contributed by atoms with Gasteiger partial charge in [0, 0.05) is 12.0 Å². The Morgan fingerprint density at radius 3 is 3.20 bits per heavy atom. The molecule has 1 aromatic heterocycles. The van der Waals surface area contributed by atoms with Crippen molar-refractivity contribution in [2.24, 2.45) is 0 Å². The third-order valence-electron chi connectivity index (χ3n) is 1.76. The molecule has 0 fully saturated rings. The summed E-state index contributed by atoms with van der Waals surface area (Å²) in [4.78, 5) is 0. The summed E-state index contributed by atoms with van der Waals surface area (Å²) in [5.41, 5.74) is 3.59. The van der Waals surface area contributed by atoms with Crippen LogP contribution in [0.1, 0.15) is 16.8 Å². The van der Waals surface area contributed by atoms with Crippen LogP contribution in [0, 0.1) is 6.92 Å². The van der Waals surface area contributed by atoms with Gasteiger partial charge in [0.05, 0.1) is 11.9 Å². The van der Waals surface area contributed by atoms with Crippen LogP contribution in [0.4, 0.5) is 0 Å². The van der Waals surface area contributed by atoms with E-state index in [0.717, 1.165) is 12.1 Å². The van der Waals surface area contributed by atoms with E-state index in [4.69, 9.17) is 0 Å². The number of allylic oxidation sites excluding steroid dienone is 1. The number of rotatable bonds is 0. The van der Waals surface area contributed by atoms with E-state index in [1.165, 1.54) is 11.1 Å². The van der Waals surface area contributed by atoms with Gasteiger partial charge in [-0.15, -0.1) is 0 Å². The molecule has 0 saturated carbocycles. The fourth-order valence-corrected chi connectivity index (χ4v) is 1.20. The van der Waals surface area contributed by atoms with Crippen LogP contribution in [0.2, 0.25) is 0 Å². The lowest BCUT2D eigenvalue weighted by atomic mass is 10.2. The Balaban J connectivity index is 2.67. The lowest BCUT2D eigenvalue weighted by molar-refractivity contribution is 0.942. The lowest BCUT2D eigenvalue weighted by Crippen LogP contribution is -1.93. The molecule has 1 heterocycles. The van der Waals surface area contributed by atoms with Gasteiger partial charge in [-0.3, -0.25) is 0 Å². The Morgan fingerprint density at radius 1 is 1.50 bits per heavy atom. The van der Waals surface area contributed by atoms with Gasteiger partial charge in [-0.2, -0.15) is 10.2 Å². The fraction of sp³-hybridized carbons (Fsp3) is 0.250. The van der Waals surface area contributed by atoms with Gasteiger partial charge in [0.1, 0.15) is 0 Å². The van der Waals surface area contributed by atoms with E-state index in [9.17, 15) is 0 Å². The maximum Gasteiger partial charge on any atom is 0.0743 e. The van der Waals surface area contributed by atoms with Gasteiger partial charge in [0.2, 0.25) is 0 Å². The minimum Gasteiger partial charge on any atom is -0.159 e. The van der Waals surface area contributed by atoms with Crippen LogP contribution in [0.5, 0.6) is 0 Å².